The Hall–Kier alpha value is -2.47. The lowest BCUT2D eigenvalue weighted by Crippen LogP contribution is -2.13. The molecule has 1 aliphatic rings. The summed E-state index contributed by atoms with van der Waals surface area (Å²) >= 11 is 3.41. The average Bonchev–Trinajstić information content (AvgIpc) is 2.81. The fraction of sp³-hybridized carbons (Fsp3) is 0.0625. The van der Waals surface area contributed by atoms with Crippen LogP contribution in [0.4, 0.5) is 5.82 Å². The number of hydrogen-bond donors (Lipinski definition) is 1. The highest BCUT2D eigenvalue weighted by molar-refractivity contribution is 9.10. The van der Waals surface area contributed by atoms with Crippen LogP contribution in [-0.4, -0.2) is 27.5 Å². The van der Waals surface area contributed by atoms with Gasteiger partial charge in [-0.25, -0.2) is 4.98 Å². The number of benzene rings is 1. The minimum atomic E-state index is -0.0479. The second-order valence-electron chi connectivity index (χ2n) is 4.96. The Morgan fingerprint density at radius 2 is 1.95 bits per heavy atom. The summed E-state index contributed by atoms with van der Waals surface area (Å²) in [6.07, 6.45) is 1.84. The maximum absolute atomic E-state index is 12.4. The predicted molar refractivity (Wildman–Crippen MR) is 88.7 cm³/mol. The third-order valence-electron chi connectivity index (χ3n) is 3.53. The standard InChI is InChI=1S/C16H11BrN4O/c17-11-6-4-10(5-7-11)15-18-9-12(22)14-16(20-15)19-13-3-1-2-8-21(13)14/h1-8H,9H2,(H,18,20). The van der Waals surface area contributed by atoms with Crippen LogP contribution in [0.2, 0.25) is 0 Å². The first-order valence-electron chi connectivity index (χ1n) is 6.80. The third kappa shape index (κ3) is 2.12. The van der Waals surface area contributed by atoms with Crippen LogP contribution in [-0.2, 0) is 0 Å². The van der Waals surface area contributed by atoms with Crippen molar-refractivity contribution in [2.24, 2.45) is 4.99 Å². The number of aliphatic imine (C=N–C) groups is 1. The minimum Gasteiger partial charge on any atom is -0.323 e. The van der Waals surface area contributed by atoms with Crippen molar-refractivity contribution < 1.29 is 4.79 Å². The Labute approximate surface area is 134 Å². The van der Waals surface area contributed by atoms with Crippen molar-refractivity contribution in [3.05, 3.63) is 64.4 Å². The van der Waals surface area contributed by atoms with Gasteiger partial charge in [-0.3, -0.25) is 14.2 Å². The smallest absolute Gasteiger partial charge is 0.204 e. The van der Waals surface area contributed by atoms with Gasteiger partial charge in [0.1, 0.15) is 23.7 Å². The molecule has 1 N–H and O–H groups in total. The van der Waals surface area contributed by atoms with E-state index < -0.39 is 0 Å². The molecule has 3 aromatic rings. The topological polar surface area (TPSA) is 58.8 Å². The Morgan fingerprint density at radius 3 is 2.77 bits per heavy atom. The van der Waals surface area contributed by atoms with E-state index in [-0.39, 0.29) is 12.3 Å². The number of hydrogen-bond acceptors (Lipinski definition) is 4. The van der Waals surface area contributed by atoms with E-state index in [1.807, 2.05) is 48.7 Å². The van der Waals surface area contributed by atoms with Crippen molar-refractivity contribution in [2.45, 2.75) is 0 Å². The fourth-order valence-corrected chi connectivity index (χ4v) is 2.76. The molecule has 0 bridgehead atoms. The number of halogens is 1. The summed E-state index contributed by atoms with van der Waals surface area (Å²) in [6.45, 7) is 0.105. The zero-order valence-electron chi connectivity index (χ0n) is 11.5. The van der Waals surface area contributed by atoms with Gasteiger partial charge in [0.25, 0.3) is 0 Å². The van der Waals surface area contributed by atoms with Crippen molar-refractivity contribution in [2.75, 3.05) is 11.9 Å². The van der Waals surface area contributed by atoms with Crippen LogP contribution in [0.3, 0.4) is 0 Å². The summed E-state index contributed by atoms with van der Waals surface area (Å²) < 4.78 is 2.79. The number of nitrogens with one attached hydrogen (secondary N) is 1. The largest absolute Gasteiger partial charge is 0.323 e. The van der Waals surface area contributed by atoms with Crippen LogP contribution in [0.25, 0.3) is 5.65 Å². The molecule has 22 heavy (non-hydrogen) atoms. The van der Waals surface area contributed by atoms with Crippen LogP contribution in [0.5, 0.6) is 0 Å². The number of anilines is 1. The molecule has 4 rings (SSSR count). The highest BCUT2D eigenvalue weighted by atomic mass is 79.9. The number of imidazole rings is 1. The van der Waals surface area contributed by atoms with Crippen LogP contribution >= 0.6 is 15.9 Å². The summed E-state index contributed by atoms with van der Waals surface area (Å²) in [5.74, 6) is 1.16. The summed E-state index contributed by atoms with van der Waals surface area (Å²) in [4.78, 5) is 21.3. The van der Waals surface area contributed by atoms with Crippen molar-refractivity contribution >= 4 is 39.0 Å². The number of carbonyl (C=O) groups is 1. The number of rotatable bonds is 1. The number of fused-ring (bicyclic) bond motifs is 3. The molecule has 6 heteroatoms. The Balaban J connectivity index is 1.83. The molecule has 1 aromatic carbocycles. The van der Waals surface area contributed by atoms with Gasteiger partial charge >= 0.3 is 0 Å². The van der Waals surface area contributed by atoms with Crippen LogP contribution < -0.4 is 5.32 Å². The van der Waals surface area contributed by atoms with Gasteiger partial charge in [0, 0.05) is 16.2 Å². The lowest BCUT2D eigenvalue weighted by atomic mass is 10.2. The Kier molecular flexibility index (Phi) is 3.04. The molecule has 1 aliphatic heterocycles. The zero-order valence-corrected chi connectivity index (χ0v) is 13.0. The number of ketones is 1. The van der Waals surface area contributed by atoms with Crippen LogP contribution in [0, 0.1) is 0 Å². The van der Waals surface area contributed by atoms with Gasteiger partial charge in [0.2, 0.25) is 5.78 Å². The SMILES string of the molecule is O=C1CN=C(c2ccc(Br)cc2)Nc2nc3ccccn3c21. The highest BCUT2D eigenvalue weighted by Gasteiger charge is 2.23. The molecule has 0 saturated carbocycles. The summed E-state index contributed by atoms with van der Waals surface area (Å²) in [7, 11) is 0. The molecule has 0 spiro atoms. The first-order valence-corrected chi connectivity index (χ1v) is 7.59. The van der Waals surface area contributed by atoms with E-state index >= 15 is 0 Å². The molecule has 0 unspecified atom stereocenters. The van der Waals surface area contributed by atoms with Gasteiger partial charge in [-0.15, -0.1) is 0 Å². The molecular weight excluding hydrogens is 344 g/mol. The van der Waals surface area contributed by atoms with E-state index in [1.165, 1.54) is 0 Å². The van der Waals surface area contributed by atoms with Gasteiger partial charge in [0.15, 0.2) is 5.82 Å². The maximum atomic E-state index is 12.4. The lowest BCUT2D eigenvalue weighted by Gasteiger charge is -2.06. The molecular formula is C16H11BrN4O. The minimum absolute atomic E-state index is 0.0479. The molecule has 0 saturated heterocycles. The third-order valence-corrected chi connectivity index (χ3v) is 4.06. The quantitative estimate of drug-likeness (QED) is 0.730. The van der Waals surface area contributed by atoms with Gasteiger partial charge < -0.3 is 5.32 Å². The first-order chi connectivity index (χ1) is 10.7. The van der Waals surface area contributed by atoms with E-state index in [9.17, 15) is 4.79 Å². The van der Waals surface area contributed by atoms with E-state index in [0.717, 1.165) is 15.7 Å². The molecule has 0 atom stereocenters. The second-order valence-corrected chi connectivity index (χ2v) is 5.87. The molecule has 0 radical (unpaired) electrons. The van der Waals surface area contributed by atoms with Crippen molar-refractivity contribution in [1.29, 1.82) is 0 Å². The van der Waals surface area contributed by atoms with Crippen LogP contribution in [0.1, 0.15) is 16.1 Å². The molecule has 3 heterocycles. The van der Waals surface area contributed by atoms with E-state index in [1.54, 1.807) is 4.40 Å². The number of pyridine rings is 1. The summed E-state index contributed by atoms with van der Waals surface area (Å²) in [5, 5.41) is 3.20. The normalized spacial score (nSPS) is 14.2. The van der Waals surface area contributed by atoms with Gasteiger partial charge in [-0.05, 0) is 24.3 Å². The van der Waals surface area contributed by atoms with E-state index in [4.69, 9.17) is 0 Å². The summed E-state index contributed by atoms with van der Waals surface area (Å²) in [6, 6.07) is 13.4. The average molecular weight is 355 g/mol. The number of amidine groups is 1. The van der Waals surface area contributed by atoms with Crippen molar-refractivity contribution in [3.63, 3.8) is 0 Å². The Bertz CT molecular complexity index is 912. The molecule has 5 nitrogen and oxygen atoms in total. The van der Waals surface area contributed by atoms with Gasteiger partial charge in [-0.2, -0.15) is 0 Å². The lowest BCUT2D eigenvalue weighted by molar-refractivity contribution is 0.0998. The monoisotopic (exact) mass is 354 g/mol. The van der Waals surface area contributed by atoms with Gasteiger partial charge in [0.05, 0.1) is 0 Å². The zero-order chi connectivity index (χ0) is 15.1. The number of Topliss-reactive ketones (excluding diaryl/α,β-unsaturated/α-hetero) is 1. The Morgan fingerprint density at radius 1 is 1.14 bits per heavy atom. The number of carbonyl (C=O) groups excluding carboxylic acids is 1. The molecule has 0 amide bonds. The van der Waals surface area contributed by atoms with E-state index in [0.29, 0.717) is 17.3 Å². The number of aromatic nitrogens is 2. The van der Waals surface area contributed by atoms with Crippen molar-refractivity contribution in [1.82, 2.24) is 9.38 Å². The molecule has 2 aromatic heterocycles. The van der Waals surface area contributed by atoms with E-state index in [2.05, 4.69) is 31.2 Å². The fourth-order valence-electron chi connectivity index (χ4n) is 2.50. The van der Waals surface area contributed by atoms with Gasteiger partial charge in [-0.1, -0.05) is 34.1 Å². The maximum Gasteiger partial charge on any atom is 0.204 e. The molecule has 0 aliphatic carbocycles. The van der Waals surface area contributed by atoms with Crippen LogP contribution in [0.15, 0.2) is 58.1 Å². The summed E-state index contributed by atoms with van der Waals surface area (Å²) in [5.41, 5.74) is 2.21. The highest BCUT2D eigenvalue weighted by Crippen LogP contribution is 2.22. The molecule has 0 fully saturated rings. The second kappa shape index (κ2) is 5.06. The molecule has 108 valence electrons. The van der Waals surface area contributed by atoms with Crippen molar-refractivity contribution in [3.8, 4) is 0 Å². The first kappa shape index (κ1) is 13.2. The number of nitrogens with zero attached hydrogens (tertiary/aromatic N) is 3. The predicted octanol–water partition coefficient (Wildman–Crippen LogP) is 3.15.